The van der Waals surface area contributed by atoms with Crippen LogP contribution in [0.1, 0.15) is 16.7 Å². The predicted molar refractivity (Wildman–Crippen MR) is 77.8 cm³/mol. The van der Waals surface area contributed by atoms with Crippen molar-refractivity contribution in [3.05, 3.63) is 59.2 Å². The summed E-state index contributed by atoms with van der Waals surface area (Å²) in [4.78, 5) is 0. The van der Waals surface area contributed by atoms with Crippen LogP contribution in [-0.2, 0) is 13.0 Å². The number of benzene rings is 2. The summed E-state index contributed by atoms with van der Waals surface area (Å²) in [6, 6.07) is 15.9. The first-order chi connectivity index (χ1) is 9.74. The van der Waals surface area contributed by atoms with E-state index in [-0.39, 0.29) is 0 Å². The molecule has 0 saturated carbocycles. The van der Waals surface area contributed by atoms with Gasteiger partial charge in [-0.2, -0.15) is 5.26 Å². The average molecular weight is 267 g/mol. The summed E-state index contributed by atoms with van der Waals surface area (Å²) in [5.41, 5.74) is 3.10. The van der Waals surface area contributed by atoms with Crippen LogP contribution in [0.15, 0.2) is 42.5 Å². The van der Waals surface area contributed by atoms with E-state index in [9.17, 15) is 0 Å². The van der Waals surface area contributed by atoms with Crippen molar-refractivity contribution in [3.8, 4) is 17.6 Å². The molecule has 0 saturated heterocycles. The normalized spacial score (nSPS) is 9.85. The van der Waals surface area contributed by atoms with Gasteiger partial charge < -0.3 is 9.47 Å². The first-order valence-corrected chi connectivity index (χ1v) is 6.45. The maximum absolute atomic E-state index is 8.85. The zero-order valence-corrected chi connectivity index (χ0v) is 11.7. The Kier molecular flexibility index (Phi) is 4.62. The van der Waals surface area contributed by atoms with E-state index >= 15 is 0 Å². The van der Waals surface area contributed by atoms with Crippen molar-refractivity contribution in [1.82, 2.24) is 0 Å². The van der Waals surface area contributed by atoms with E-state index in [1.165, 1.54) is 0 Å². The SMILES string of the molecule is COc1cc(C)c(CC#N)cc1OCc1ccccc1. The van der Waals surface area contributed by atoms with Crippen LogP contribution in [0.5, 0.6) is 11.5 Å². The minimum atomic E-state index is 0.373. The number of methoxy groups -OCH3 is 1. The lowest BCUT2D eigenvalue weighted by molar-refractivity contribution is 0.284. The molecular weight excluding hydrogens is 250 g/mol. The summed E-state index contributed by atoms with van der Waals surface area (Å²) in [6.45, 7) is 2.45. The van der Waals surface area contributed by atoms with E-state index in [1.807, 2.05) is 49.4 Å². The number of nitrogens with zero attached hydrogens (tertiary/aromatic N) is 1. The fraction of sp³-hybridized carbons (Fsp3) is 0.235. The van der Waals surface area contributed by atoms with Gasteiger partial charge in [-0.05, 0) is 35.7 Å². The van der Waals surface area contributed by atoms with Gasteiger partial charge in [0.1, 0.15) is 6.61 Å². The first-order valence-electron chi connectivity index (χ1n) is 6.45. The third-order valence-corrected chi connectivity index (χ3v) is 3.13. The fourth-order valence-electron chi connectivity index (χ4n) is 1.99. The van der Waals surface area contributed by atoms with E-state index in [1.54, 1.807) is 7.11 Å². The van der Waals surface area contributed by atoms with E-state index in [0.29, 0.717) is 24.5 Å². The van der Waals surface area contributed by atoms with Gasteiger partial charge in [0.2, 0.25) is 0 Å². The molecule has 2 aromatic rings. The minimum absolute atomic E-state index is 0.373. The molecule has 0 atom stereocenters. The van der Waals surface area contributed by atoms with Crippen molar-refractivity contribution < 1.29 is 9.47 Å². The molecule has 0 spiro atoms. The smallest absolute Gasteiger partial charge is 0.161 e. The third-order valence-electron chi connectivity index (χ3n) is 3.13. The van der Waals surface area contributed by atoms with Crippen LogP contribution in [0, 0.1) is 18.3 Å². The number of rotatable bonds is 5. The molecule has 2 aromatic carbocycles. The summed E-state index contributed by atoms with van der Waals surface area (Å²) < 4.78 is 11.2. The number of aryl methyl sites for hydroxylation is 1. The molecule has 0 fully saturated rings. The van der Waals surface area contributed by atoms with Crippen LogP contribution in [0.25, 0.3) is 0 Å². The molecule has 0 aliphatic heterocycles. The van der Waals surface area contributed by atoms with Gasteiger partial charge in [0.25, 0.3) is 0 Å². The van der Waals surface area contributed by atoms with Gasteiger partial charge in [0.05, 0.1) is 19.6 Å². The average Bonchev–Trinajstić information content (AvgIpc) is 2.48. The standard InChI is InChI=1S/C17H17NO2/c1-13-10-16(19-2)17(11-15(13)8-9-18)20-12-14-6-4-3-5-7-14/h3-7,10-11H,8,12H2,1-2H3. The highest BCUT2D eigenvalue weighted by atomic mass is 16.5. The van der Waals surface area contributed by atoms with Crippen molar-refractivity contribution in [1.29, 1.82) is 5.26 Å². The molecular formula is C17H17NO2. The molecule has 0 radical (unpaired) electrons. The Morgan fingerprint density at radius 2 is 1.85 bits per heavy atom. The quantitative estimate of drug-likeness (QED) is 0.830. The lowest BCUT2D eigenvalue weighted by Crippen LogP contribution is -2.00. The van der Waals surface area contributed by atoms with Gasteiger partial charge >= 0.3 is 0 Å². The molecule has 0 bridgehead atoms. The minimum Gasteiger partial charge on any atom is -0.493 e. The van der Waals surface area contributed by atoms with E-state index in [2.05, 4.69) is 6.07 Å². The number of hydrogen-bond donors (Lipinski definition) is 0. The van der Waals surface area contributed by atoms with Gasteiger partial charge in [-0.1, -0.05) is 30.3 Å². The molecule has 0 aromatic heterocycles. The van der Waals surface area contributed by atoms with Gasteiger partial charge in [-0.25, -0.2) is 0 Å². The highest BCUT2D eigenvalue weighted by Crippen LogP contribution is 2.31. The summed E-state index contributed by atoms with van der Waals surface area (Å²) in [6.07, 6.45) is 0.373. The largest absolute Gasteiger partial charge is 0.493 e. The molecule has 0 aliphatic carbocycles. The molecule has 102 valence electrons. The molecule has 0 amide bonds. The monoisotopic (exact) mass is 267 g/mol. The second-order valence-corrected chi connectivity index (χ2v) is 4.54. The molecule has 0 aliphatic rings. The van der Waals surface area contributed by atoms with Crippen LogP contribution < -0.4 is 9.47 Å². The predicted octanol–water partition coefficient (Wildman–Crippen LogP) is 3.65. The topological polar surface area (TPSA) is 42.2 Å². The molecule has 0 heterocycles. The molecule has 20 heavy (non-hydrogen) atoms. The van der Waals surface area contributed by atoms with Crippen LogP contribution in [0.4, 0.5) is 0 Å². The first kappa shape index (κ1) is 14.0. The van der Waals surface area contributed by atoms with Crippen molar-refractivity contribution in [2.75, 3.05) is 7.11 Å². The Balaban J connectivity index is 2.21. The molecule has 3 heteroatoms. The lowest BCUT2D eigenvalue weighted by Gasteiger charge is -2.13. The van der Waals surface area contributed by atoms with Gasteiger partial charge in [-0.15, -0.1) is 0 Å². The summed E-state index contributed by atoms with van der Waals surface area (Å²) in [5.74, 6) is 1.37. The number of hydrogen-bond acceptors (Lipinski definition) is 3. The van der Waals surface area contributed by atoms with Gasteiger partial charge in [0, 0.05) is 0 Å². The molecule has 3 nitrogen and oxygen atoms in total. The molecule has 0 unspecified atom stereocenters. The molecule has 2 rings (SSSR count). The second kappa shape index (κ2) is 6.63. The number of nitriles is 1. The Bertz CT molecular complexity index is 615. The van der Waals surface area contributed by atoms with Gasteiger partial charge in [-0.3, -0.25) is 0 Å². The fourth-order valence-corrected chi connectivity index (χ4v) is 1.99. The van der Waals surface area contributed by atoms with E-state index in [4.69, 9.17) is 14.7 Å². The zero-order chi connectivity index (χ0) is 14.4. The third kappa shape index (κ3) is 3.30. The summed E-state index contributed by atoms with van der Waals surface area (Å²) in [7, 11) is 1.62. The Morgan fingerprint density at radius 3 is 2.50 bits per heavy atom. The highest BCUT2D eigenvalue weighted by Gasteiger charge is 2.09. The van der Waals surface area contributed by atoms with Crippen LogP contribution in [0.2, 0.25) is 0 Å². The lowest BCUT2D eigenvalue weighted by atomic mass is 10.1. The Morgan fingerprint density at radius 1 is 1.10 bits per heavy atom. The van der Waals surface area contributed by atoms with Gasteiger partial charge in [0.15, 0.2) is 11.5 Å². The second-order valence-electron chi connectivity index (χ2n) is 4.54. The summed E-state index contributed by atoms with van der Waals surface area (Å²) in [5, 5.41) is 8.85. The van der Waals surface area contributed by atoms with Crippen molar-refractivity contribution >= 4 is 0 Å². The zero-order valence-electron chi connectivity index (χ0n) is 11.7. The van der Waals surface area contributed by atoms with Crippen molar-refractivity contribution in [2.45, 2.75) is 20.0 Å². The molecule has 0 N–H and O–H groups in total. The van der Waals surface area contributed by atoms with E-state index < -0.39 is 0 Å². The van der Waals surface area contributed by atoms with Crippen molar-refractivity contribution in [3.63, 3.8) is 0 Å². The van der Waals surface area contributed by atoms with Crippen LogP contribution in [0.3, 0.4) is 0 Å². The maximum atomic E-state index is 8.85. The number of ether oxygens (including phenoxy) is 2. The van der Waals surface area contributed by atoms with Crippen LogP contribution >= 0.6 is 0 Å². The van der Waals surface area contributed by atoms with Crippen LogP contribution in [-0.4, -0.2) is 7.11 Å². The Hall–Kier alpha value is -2.47. The Labute approximate surface area is 119 Å². The van der Waals surface area contributed by atoms with Crippen molar-refractivity contribution in [2.24, 2.45) is 0 Å². The van der Waals surface area contributed by atoms with E-state index in [0.717, 1.165) is 16.7 Å². The highest BCUT2D eigenvalue weighted by molar-refractivity contribution is 5.47. The maximum Gasteiger partial charge on any atom is 0.161 e. The summed E-state index contributed by atoms with van der Waals surface area (Å²) >= 11 is 0.